The van der Waals surface area contributed by atoms with Gasteiger partial charge in [-0.15, -0.1) is 0 Å². The van der Waals surface area contributed by atoms with Gasteiger partial charge >= 0.3 is 0 Å². The third kappa shape index (κ3) is 4.11. The summed E-state index contributed by atoms with van der Waals surface area (Å²) in [5.74, 6) is 1.99. The topological polar surface area (TPSA) is 50.7 Å². The van der Waals surface area contributed by atoms with Crippen LogP contribution in [0.4, 0.5) is 0 Å². The maximum atomic E-state index is 9.91. The molecule has 0 radical (unpaired) electrons. The van der Waals surface area contributed by atoms with E-state index in [4.69, 9.17) is 9.47 Å². The van der Waals surface area contributed by atoms with Crippen LogP contribution in [-0.2, 0) is 0 Å². The summed E-state index contributed by atoms with van der Waals surface area (Å²) in [7, 11) is 0. The number of rotatable bonds is 9. The Balaban J connectivity index is 2.08. The maximum Gasteiger partial charge on any atom is 0.161 e. The van der Waals surface area contributed by atoms with E-state index in [1.807, 2.05) is 31.2 Å². The normalized spacial score (nSPS) is 17.6. The Morgan fingerprint density at radius 2 is 1.86 bits per heavy atom. The van der Waals surface area contributed by atoms with Crippen molar-refractivity contribution in [3.8, 4) is 11.5 Å². The first kappa shape index (κ1) is 16.1. The Bertz CT molecular complexity index is 445. The molecule has 2 N–H and O–H groups in total. The summed E-state index contributed by atoms with van der Waals surface area (Å²) in [6.45, 7) is 7.31. The fourth-order valence-corrected chi connectivity index (χ4v) is 2.76. The summed E-state index contributed by atoms with van der Waals surface area (Å²) in [4.78, 5) is 0. The van der Waals surface area contributed by atoms with E-state index < -0.39 is 0 Å². The van der Waals surface area contributed by atoms with Gasteiger partial charge in [0.1, 0.15) is 6.61 Å². The monoisotopic (exact) mass is 293 g/mol. The van der Waals surface area contributed by atoms with Crippen LogP contribution < -0.4 is 14.8 Å². The van der Waals surface area contributed by atoms with Crippen molar-refractivity contribution < 1.29 is 14.6 Å². The largest absolute Gasteiger partial charge is 0.490 e. The highest BCUT2D eigenvalue weighted by atomic mass is 16.5. The fourth-order valence-electron chi connectivity index (χ4n) is 2.76. The molecule has 2 rings (SSSR count). The number of ether oxygens (including phenoxy) is 2. The lowest BCUT2D eigenvalue weighted by Crippen LogP contribution is -2.57. The molecule has 1 aliphatic carbocycles. The molecule has 0 heterocycles. The van der Waals surface area contributed by atoms with Gasteiger partial charge in [-0.1, -0.05) is 26.0 Å². The van der Waals surface area contributed by atoms with Crippen molar-refractivity contribution in [2.24, 2.45) is 5.92 Å². The molecule has 21 heavy (non-hydrogen) atoms. The van der Waals surface area contributed by atoms with Gasteiger partial charge in [-0.2, -0.15) is 0 Å². The SMILES string of the molecule is CCOc1ccccc1OCC(CO)(NC(C)C)C1CC1. The molecule has 1 saturated carbocycles. The Morgan fingerprint density at radius 3 is 2.33 bits per heavy atom. The van der Waals surface area contributed by atoms with E-state index in [1.165, 1.54) is 0 Å². The Labute approximate surface area is 127 Å². The highest BCUT2D eigenvalue weighted by Crippen LogP contribution is 2.40. The highest BCUT2D eigenvalue weighted by Gasteiger charge is 2.46. The molecule has 0 spiro atoms. The number of benzene rings is 1. The highest BCUT2D eigenvalue weighted by molar-refractivity contribution is 5.39. The van der Waals surface area contributed by atoms with Crippen molar-refractivity contribution in [2.75, 3.05) is 19.8 Å². The van der Waals surface area contributed by atoms with E-state index in [1.54, 1.807) is 0 Å². The van der Waals surface area contributed by atoms with Crippen LogP contribution in [0.1, 0.15) is 33.6 Å². The van der Waals surface area contributed by atoms with E-state index in [0.717, 1.165) is 24.3 Å². The van der Waals surface area contributed by atoms with E-state index in [0.29, 0.717) is 25.2 Å². The van der Waals surface area contributed by atoms with Gasteiger partial charge < -0.3 is 19.9 Å². The van der Waals surface area contributed by atoms with Crippen molar-refractivity contribution in [1.29, 1.82) is 0 Å². The predicted molar refractivity (Wildman–Crippen MR) is 83.9 cm³/mol. The van der Waals surface area contributed by atoms with Crippen LogP contribution in [0.15, 0.2) is 24.3 Å². The van der Waals surface area contributed by atoms with Crippen LogP contribution >= 0.6 is 0 Å². The molecular formula is C17H27NO3. The molecule has 0 aromatic heterocycles. The summed E-state index contributed by atoms with van der Waals surface area (Å²) in [6, 6.07) is 8.00. The van der Waals surface area contributed by atoms with Gasteiger partial charge in [-0.05, 0) is 37.8 Å². The molecule has 1 aromatic carbocycles. The van der Waals surface area contributed by atoms with Crippen molar-refractivity contribution in [2.45, 2.75) is 45.2 Å². The average molecular weight is 293 g/mol. The third-order valence-corrected chi connectivity index (χ3v) is 3.85. The zero-order valence-electron chi connectivity index (χ0n) is 13.3. The summed E-state index contributed by atoms with van der Waals surface area (Å²) in [6.07, 6.45) is 2.30. The average Bonchev–Trinajstić information content (AvgIpc) is 3.30. The summed E-state index contributed by atoms with van der Waals surface area (Å²) >= 11 is 0. The summed E-state index contributed by atoms with van der Waals surface area (Å²) in [5, 5.41) is 13.4. The minimum absolute atomic E-state index is 0.0899. The molecule has 1 aromatic rings. The second kappa shape index (κ2) is 7.14. The lowest BCUT2D eigenvalue weighted by molar-refractivity contribution is 0.0763. The molecule has 1 fully saturated rings. The molecule has 0 amide bonds. The number of hydrogen-bond acceptors (Lipinski definition) is 4. The molecule has 0 bridgehead atoms. The zero-order chi connectivity index (χ0) is 15.3. The smallest absolute Gasteiger partial charge is 0.161 e. The number of para-hydroxylation sites is 2. The second-order valence-electron chi connectivity index (χ2n) is 6.06. The summed E-state index contributed by atoms with van der Waals surface area (Å²) in [5.41, 5.74) is -0.354. The van der Waals surface area contributed by atoms with Crippen molar-refractivity contribution in [3.63, 3.8) is 0 Å². The van der Waals surface area contributed by atoms with Crippen LogP contribution in [-0.4, -0.2) is 36.5 Å². The zero-order valence-corrected chi connectivity index (χ0v) is 13.3. The van der Waals surface area contributed by atoms with Crippen LogP contribution in [0.25, 0.3) is 0 Å². The molecule has 118 valence electrons. The van der Waals surface area contributed by atoms with Crippen LogP contribution in [0.5, 0.6) is 11.5 Å². The van der Waals surface area contributed by atoms with Crippen LogP contribution in [0.2, 0.25) is 0 Å². The van der Waals surface area contributed by atoms with Gasteiger partial charge in [0.2, 0.25) is 0 Å². The van der Waals surface area contributed by atoms with Gasteiger partial charge in [-0.25, -0.2) is 0 Å². The van der Waals surface area contributed by atoms with E-state index in [2.05, 4.69) is 19.2 Å². The van der Waals surface area contributed by atoms with Crippen molar-refractivity contribution in [3.05, 3.63) is 24.3 Å². The van der Waals surface area contributed by atoms with Crippen LogP contribution in [0.3, 0.4) is 0 Å². The van der Waals surface area contributed by atoms with Gasteiger partial charge in [0.15, 0.2) is 11.5 Å². The molecule has 4 nitrogen and oxygen atoms in total. The predicted octanol–water partition coefficient (Wildman–Crippen LogP) is 2.60. The fraction of sp³-hybridized carbons (Fsp3) is 0.647. The molecule has 0 aliphatic heterocycles. The maximum absolute atomic E-state index is 9.91. The molecule has 1 atom stereocenters. The lowest BCUT2D eigenvalue weighted by atomic mass is 9.94. The third-order valence-electron chi connectivity index (χ3n) is 3.85. The van der Waals surface area contributed by atoms with Gasteiger partial charge in [0.05, 0.1) is 18.8 Å². The van der Waals surface area contributed by atoms with Crippen LogP contribution in [0, 0.1) is 5.92 Å². The standard InChI is InChI=1S/C17H27NO3/c1-4-20-15-7-5-6-8-16(15)21-12-17(11-19,14-9-10-14)18-13(2)3/h5-8,13-14,18-19H,4,9-12H2,1-3H3. The number of aliphatic hydroxyl groups excluding tert-OH is 1. The Hall–Kier alpha value is -1.26. The Morgan fingerprint density at radius 1 is 1.24 bits per heavy atom. The first-order chi connectivity index (χ1) is 10.1. The minimum Gasteiger partial charge on any atom is -0.490 e. The Kier molecular flexibility index (Phi) is 5.48. The van der Waals surface area contributed by atoms with E-state index >= 15 is 0 Å². The summed E-state index contributed by atoms with van der Waals surface area (Å²) < 4.78 is 11.6. The molecule has 1 aliphatic rings. The van der Waals surface area contributed by atoms with E-state index in [9.17, 15) is 5.11 Å². The van der Waals surface area contributed by atoms with E-state index in [-0.39, 0.29) is 12.1 Å². The van der Waals surface area contributed by atoms with Gasteiger partial charge in [0, 0.05) is 6.04 Å². The number of aliphatic hydroxyl groups is 1. The quantitative estimate of drug-likeness (QED) is 0.735. The van der Waals surface area contributed by atoms with Gasteiger partial charge in [-0.3, -0.25) is 0 Å². The van der Waals surface area contributed by atoms with Gasteiger partial charge in [0.25, 0.3) is 0 Å². The molecule has 4 heteroatoms. The lowest BCUT2D eigenvalue weighted by Gasteiger charge is -2.35. The minimum atomic E-state index is -0.354. The second-order valence-corrected chi connectivity index (χ2v) is 6.06. The molecule has 1 unspecified atom stereocenters. The number of nitrogens with one attached hydrogen (secondary N) is 1. The first-order valence-corrected chi connectivity index (χ1v) is 7.84. The first-order valence-electron chi connectivity index (χ1n) is 7.84. The van der Waals surface area contributed by atoms with Crippen molar-refractivity contribution in [1.82, 2.24) is 5.32 Å². The molecular weight excluding hydrogens is 266 g/mol. The molecule has 0 saturated heterocycles. The van der Waals surface area contributed by atoms with Crippen molar-refractivity contribution >= 4 is 0 Å². The number of hydrogen-bond donors (Lipinski definition) is 2.